The monoisotopic (exact) mass is 381 g/mol. The predicted octanol–water partition coefficient (Wildman–Crippen LogP) is 4.17. The van der Waals surface area contributed by atoms with Gasteiger partial charge in [-0.2, -0.15) is 18.4 Å². The van der Waals surface area contributed by atoms with Crippen molar-refractivity contribution in [2.75, 3.05) is 6.61 Å². The van der Waals surface area contributed by atoms with Gasteiger partial charge in [0.1, 0.15) is 6.07 Å². The van der Waals surface area contributed by atoms with E-state index in [1.54, 1.807) is 13.0 Å². The summed E-state index contributed by atoms with van der Waals surface area (Å²) in [5, 5.41) is 9.06. The zero-order valence-electron chi connectivity index (χ0n) is 11.0. The Balaban J connectivity index is 3.26. The molecule has 0 bridgehead atoms. The van der Waals surface area contributed by atoms with E-state index in [1.165, 1.54) is 12.1 Å². The van der Waals surface area contributed by atoms with Crippen LogP contribution in [0.1, 0.15) is 23.6 Å². The number of nitriles is 1. The van der Waals surface area contributed by atoms with E-state index in [-0.39, 0.29) is 46.1 Å². The number of nitrogens with zero attached hydrogens (tertiary/aromatic N) is 1. The van der Waals surface area contributed by atoms with Crippen LogP contribution in [0.15, 0.2) is 17.0 Å². The molecule has 114 valence electrons. The van der Waals surface area contributed by atoms with Crippen LogP contribution in [0.4, 0.5) is 13.2 Å². The van der Waals surface area contributed by atoms with Gasteiger partial charge in [0.2, 0.25) is 0 Å². The van der Waals surface area contributed by atoms with Gasteiger partial charge in [-0.05, 0) is 35.9 Å². The van der Waals surface area contributed by atoms with Gasteiger partial charge in [0.15, 0.2) is 0 Å². The number of carbonyl (C=O) groups is 1. The molecule has 1 aromatic rings. The van der Waals surface area contributed by atoms with Gasteiger partial charge < -0.3 is 4.74 Å². The molecule has 8 heteroatoms. The number of benzene rings is 1. The average Bonchev–Trinajstić information content (AvgIpc) is 2.37. The van der Waals surface area contributed by atoms with Crippen LogP contribution < -0.4 is 0 Å². The van der Waals surface area contributed by atoms with Crippen LogP contribution in [-0.4, -0.2) is 18.1 Å². The van der Waals surface area contributed by atoms with Crippen molar-refractivity contribution in [2.45, 2.75) is 29.1 Å². The maximum Gasteiger partial charge on any atom is 0.446 e. The molecule has 1 rings (SSSR count). The molecule has 0 saturated carbocycles. The normalized spacial score (nSPS) is 11.0. The Hall–Kier alpha value is -1.20. The van der Waals surface area contributed by atoms with Crippen LogP contribution in [-0.2, 0) is 21.3 Å². The first-order valence-electron chi connectivity index (χ1n) is 5.84. The molecule has 0 heterocycles. The summed E-state index contributed by atoms with van der Waals surface area (Å²) in [6, 6.07) is 4.51. The predicted molar refractivity (Wildman–Crippen MR) is 76.0 cm³/mol. The van der Waals surface area contributed by atoms with Crippen LogP contribution >= 0.6 is 27.7 Å². The quantitative estimate of drug-likeness (QED) is 0.436. The lowest BCUT2D eigenvalue weighted by atomic mass is 10.0. The second-order valence-electron chi connectivity index (χ2n) is 3.85. The third-order valence-electron chi connectivity index (χ3n) is 2.47. The zero-order chi connectivity index (χ0) is 16.0. The SMILES string of the molecule is CCOC(=O)Cc1ccc(C#N)c(SC(F)(F)F)c1CBr. The van der Waals surface area contributed by atoms with E-state index >= 15 is 0 Å². The van der Waals surface area contributed by atoms with Crippen molar-refractivity contribution >= 4 is 33.7 Å². The van der Waals surface area contributed by atoms with Crippen LogP contribution in [0.5, 0.6) is 0 Å². The molecule has 0 atom stereocenters. The fourth-order valence-electron chi connectivity index (χ4n) is 1.67. The molecule has 0 aliphatic carbocycles. The molecule has 0 spiro atoms. The molecule has 0 radical (unpaired) electrons. The first kappa shape index (κ1) is 17.9. The summed E-state index contributed by atoms with van der Waals surface area (Å²) in [5.74, 6) is -0.521. The molecule has 21 heavy (non-hydrogen) atoms. The van der Waals surface area contributed by atoms with E-state index in [4.69, 9.17) is 10.00 Å². The van der Waals surface area contributed by atoms with Crippen molar-refractivity contribution in [2.24, 2.45) is 0 Å². The van der Waals surface area contributed by atoms with E-state index in [2.05, 4.69) is 15.9 Å². The lowest BCUT2D eigenvalue weighted by molar-refractivity contribution is -0.142. The number of ether oxygens (including phenoxy) is 1. The maximum absolute atomic E-state index is 12.6. The number of esters is 1. The fraction of sp³-hybridized carbons (Fsp3) is 0.385. The summed E-state index contributed by atoms with van der Waals surface area (Å²) in [4.78, 5) is 11.3. The number of halogens is 4. The summed E-state index contributed by atoms with van der Waals surface area (Å²) in [5.41, 5.74) is -3.88. The van der Waals surface area contributed by atoms with Gasteiger partial charge >= 0.3 is 11.5 Å². The summed E-state index contributed by atoms with van der Waals surface area (Å²) in [6.45, 7) is 1.84. The highest BCUT2D eigenvalue weighted by atomic mass is 79.9. The first-order valence-corrected chi connectivity index (χ1v) is 7.78. The second kappa shape index (κ2) is 7.71. The standard InChI is InChI=1S/C13H11BrF3NO2S/c1-2-20-11(19)5-8-3-4-9(7-18)12(10(8)6-14)21-13(15,16)17/h3-4H,2,5-6H2,1H3. The Morgan fingerprint density at radius 3 is 2.62 bits per heavy atom. The number of carbonyl (C=O) groups excluding carboxylic acids is 1. The van der Waals surface area contributed by atoms with Crippen LogP contribution in [0.3, 0.4) is 0 Å². The Morgan fingerprint density at radius 1 is 1.48 bits per heavy atom. The number of hydrogen-bond acceptors (Lipinski definition) is 4. The average molecular weight is 382 g/mol. The van der Waals surface area contributed by atoms with Gasteiger partial charge in [0.25, 0.3) is 0 Å². The molecule has 0 fully saturated rings. The van der Waals surface area contributed by atoms with Crippen molar-refractivity contribution < 1.29 is 22.7 Å². The van der Waals surface area contributed by atoms with Crippen molar-refractivity contribution in [1.29, 1.82) is 5.26 Å². The molecular weight excluding hydrogens is 371 g/mol. The van der Waals surface area contributed by atoms with Gasteiger partial charge in [0, 0.05) is 10.2 Å². The van der Waals surface area contributed by atoms with E-state index < -0.39 is 11.5 Å². The lowest BCUT2D eigenvalue weighted by Gasteiger charge is -2.15. The summed E-state index contributed by atoms with van der Waals surface area (Å²) >= 11 is 2.77. The Bertz CT molecular complexity index is 570. The number of thioether (sulfide) groups is 1. The highest BCUT2D eigenvalue weighted by Crippen LogP contribution is 2.42. The third-order valence-corrected chi connectivity index (χ3v) is 3.93. The van der Waals surface area contributed by atoms with Crippen molar-refractivity contribution in [3.63, 3.8) is 0 Å². The highest BCUT2D eigenvalue weighted by Gasteiger charge is 2.32. The van der Waals surface area contributed by atoms with Crippen molar-refractivity contribution in [1.82, 2.24) is 0 Å². The molecule has 0 aromatic heterocycles. The van der Waals surface area contributed by atoms with Crippen molar-refractivity contribution in [3.8, 4) is 6.07 Å². The highest BCUT2D eigenvalue weighted by molar-refractivity contribution is 9.08. The Labute approximate surface area is 132 Å². The van der Waals surface area contributed by atoms with Crippen LogP contribution in [0.25, 0.3) is 0 Å². The molecule has 3 nitrogen and oxygen atoms in total. The maximum atomic E-state index is 12.6. The number of rotatable bonds is 5. The van der Waals surface area contributed by atoms with Gasteiger partial charge in [-0.3, -0.25) is 4.79 Å². The van der Waals surface area contributed by atoms with Crippen LogP contribution in [0, 0.1) is 11.3 Å². The van der Waals surface area contributed by atoms with Gasteiger partial charge in [-0.1, -0.05) is 22.0 Å². The fourth-order valence-corrected chi connectivity index (χ4v) is 3.28. The molecule has 0 aliphatic rings. The molecule has 0 unspecified atom stereocenters. The molecule has 0 amide bonds. The van der Waals surface area contributed by atoms with Gasteiger partial charge in [-0.25, -0.2) is 0 Å². The molecule has 0 saturated heterocycles. The topological polar surface area (TPSA) is 50.1 Å². The van der Waals surface area contributed by atoms with E-state index in [9.17, 15) is 18.0 Å². The zero-order valence-corrected chi connectivity index (χ0v) is 13.4. The summed E-state index contributed by atoms with van der Waals surface area (Å²) in [6.07, 6.45) is -0.133. The smallest absolute Gasteiger partial charge is 0.446 e. The van der Waals surface area contributed by atoms with E-state index in [1.807, 2.05) is 0 Å². The van der Waals surface area contributed by atoms with Gasteiger partial charge in [0.05, 0.1) is 18.6 Å². The largest absolute Gasteiger partial charge is 0.466 e. The summed E-state index contributed by atoms with van der Waals surface area (Å²) < 4.78 is 42.7. The minimum atomic E-state index is -4.51. The minimum Gasteiger partial charge on any atom is -0.466 e. The van der Waals surface area contributed by atoms with Gasteiger partial charge in [-0.15, -0.1) is 0 Å². The van der Waals surface area contributed by atoms with Crippen LogP contribution in [0.2, 0.25) is 0 Å². The number of hydrogen-bond donors (Lipinski definition) is 0. The first-order chi connectivity index (χ1) is 9.82. The molecule has 0 N–H and O–H groups in total. The van der Waals surface area contributed by atoms with E-state index in [0.717, 1.165) is 0 Å². The Kier molecular flexibility index (Phi) is 6.55. The van der Waals surface area contributed by atoms with E-state index in [0.29, 0.717) is 5.56 Å². The molecule has 0 aliphatic heterocycles. The lowest BCUT2D eigenvalue weighted by Crippen LogP contribution is -2.11. The number of alkyl halides is 4. The third kappa shape index (κ3) is 5.25. The molecule has 1 aromatic carbocycles. The van der Waals surface area contributed by atoms with Crippen molar-refractivity contribution in [3.05, 3.63) is 28.8 Å². The Morgan fingerprint density at radius 2 is 2.14 bits per heavy atom. The molecular formula is C13H11BrF3NO2S. The second-order valence-corrected chi connectivity index (χ2v) is 5.49. The minimum absolute atomic E-state index is 0.0700. The summed E-state index contributed by atoms with van der Waals surface area (Å²) in [7, 11) is 0.